The summed E-state index contributed by atoms with van der Waals surface area (Å²) in [5.41, 5.74) is 1.21. The van der Waals surface area contributed by atoms with Crippen LogP contribution in [0.3, 0.4) is 0 Å². The van der Waals surface area contributed by atoms with Gasteiger partial charge in [0.1, 0.15) is 5.25 Å². The molecule has 0 amide bonds. The standard InChI is InChI=1S/C15H14Cl2O3S/c16-13-5-1-11(2-6-13)15(21(19,20)10-9-18)12-3-7-14(17)8-4-12/h1-8,15,18H,9-10H2. The number of rotatable bonds is 5. The van der Waals surface area contributed by atoms with Gasteiger partial charge in [-0.3, -0.25) is 0 Å². The number of sulfone groups is 1. The molecule has 0 heterocycles. The highest BCUT2D eigenvalue weighted by atomic mass is 35.5. The van der Waals surface area contributed by atoms with E-state index < -0.39 is 21.7 Å². The number of halogens is 2. The molecule has 0 saturated carbocycles. The fourth-order valence-electron chi connectivity index (χ4n) is 2.13. The van der Waals surface area contributed by atoms with Crippen molar-refractivity contribution in [1.29, 1.82) is 0 Å². The highest BCUT2D eigenvalue weighted by Gasteiger charge is 2.28. The van der Waals surface area contributed by atoms with Crippen molar-refractivity contribution in [1.82, 2.24) is 0 Å². The Kier molecular flexibility index (Phi) is 5.27. The Bertz CT molecular complexity index is 649. The van der Waals surface area contributed by atoms with Crippen molar-refractivity contribution < 1.29 is 13.5 Å². The molecule has 0 saturated heterocycles. The van der Waals surface area contributed by atoms with Gasteiger partial charge in [0.15, 0.2) is 9.84 Å². The van der Waals surface area contributed by atoms with E-state index in [-0.39, 0.29) is 5.75 Å². The van der Waals surface area contributed by atoms with Crippen molar-refractivity contribution >= 4 is 33.0 Å². The third kappa shape index (κ3) is 3.98. The van der Waals surface area contributed by atoms with Crippen LogP contribution in [0.5, 0.6) is 0 Å². The second-order valence-electron chi connectivity index (χ2n) is 4.57. The van der Waals surface area contributed by atoms with E-state index in [2.05, 4.69) is 0 Å². The summed E-state index contributed by atoms with van der Waals surface area (Å²) in [7, 11) is -3.54. The lowest BCUT2D eigenvalue weighted by molar-refractivity contribution is 0.319. The lowest BCUT2D eigenvalue weighted by atomic mass is 10.0. The van der Waals surface area contributed by atoms with Crippen LogP contribution in [0.1, 0.15) is 16.4 Å². The maximum atomic E-state index is 12.5. The molecule has 2 rings (SSSR count). The largest absolute Gasteiger partial charge is 0.395 e. The van der Waals surface area contributed by atoms with Gasteiger partial charge in [-0.15, -0.1) is 0 Å². The van der Waals surface area contributed by atoms with Gasteiger partial charge in [0.25, 0.3) is 0 Å². The van der Waals surface area contributed by atoms with Gasteiger partial charge in [0.05, 0.1) is 12.4 Å². The van der Waals surface area contributed by atoms with Crippen LogP contribution in [0, 0.1) is 0 Å². The Morgan fingerprint density at radius 2 is 1.24 bits per heavy atom. The summed E-state index contributed by atoms with van der Waals surface area (Å²) in [4.78, 5) is 0. The monoisotopic (exact) mass is 344 g/mol. The quantitative estimate of drug-likeness (QED) is 0.903. The zero-order valence-electron chi connectivity index (χ0n) is 11.0. The zero-order chi connectivity index (χ0) is 15.5. The summed E-state index contributed by atoms with van der Waals surface area (Å²) in [6.07, 6.45) is 0. The number of hydrogen-bond acceptors (Lipinski definition) is 3. The van der Waals surface area contributed by atoms with Gasteiger partial charge in [-0.25, -0.2) is 8.42 Å². The van der Waals surface area contributed by atoms with Gasteiger partial charge >= 0.3 is 0 Å². The van der Waals surface area contributed by atoms with E-state index in [4.69, 9.17) is 28.3 Å². The van der Waals surface area contributed by atoms with Crippen LogP contribution in [-0.2, 0) is 9.84 Å². The first kappa shape index (κ1) is 16.3. The maximum Gasteiger partial charge on any atom is 0.163 e. The molecule has 0 aliphatic heterocycles. The fraction of sp³-hybridized carbons (Fsp3) is 0.200. The summed E-state index contributed by atoms with van der Waals surface area (Å²) in [5.74, 6) is -0.303. The SMILES string of the molecule is O=S(=O)(CCO)C(c1ccc(Cl)cc1)c1ccc(Cl)cc1. The number of aliphatic hydroxyl groups excluding tert-OH is 1. The molecule has 0 spiro atoms. The predicted molar refractivity (Wildman–Crippen MR) is 85.6 cm³/mol. The van der Waals surface area contributed by atoms with E-state index in [1.807, 2.05) is 0 Å². The van der Waals surface area contributed by atoms with Crippen molar-refractivity contribution in [2.24, 2.45) is 0 Å². The Balaban J connectivity index is 2.54. The van der Waals surface area contributed by atoms with Crippen molar-refractivity contribution in [3.05, 3.63) is 69.7 Å². The molecule has 6 heteroatoms. The lowest BCUT2D eigenvalue weighted by Crippen LogP contribution is -2.20. The van der Waals surface area contributed by atoms with E-state index in [1.165, 1.54) is 0 Å². The van der Waals surface area contributed by atoms with Crippen LogP contribution < -0.4 is 0 Å². The minimum absolute atomic E-state index is 0.303. The average Bonchev–Trinajstić information content (AvgIpc) is 2.43. The van der Waals surface area contributed by atoms with Crippen LogP contribution in [0.25, 0.3) is 0 Å². The Hall–Kier alpha value is -1.07. The molecule has 0 radical (unpaired) electrons. The molecule has 2 aromatic carbocycles. The van der Waals surface area contributed by atoms with E-state index in [0.29, 0.717) is 21.2 Å². The molecule has 21 heavy (non-hydrogen) atoms. The van der Waals surface area contributed by atoms with Crippen molar-refractivity contribution in [3.8, 4) is 0 Å². The van der Waals surface area contributed by atoms with Crippen LogP contribution in [-0.4, -0.2) is 25.9 Å². The number of benzene rings is 2. The molecule has 1 N–H and O–H groups in total. The zero-order valence-corrected chi connectivity index (χ0v) is 13.4. The third-order valence-corrected chi connectivity index (χ3v) is 5.60. The van der Waals surface area contributed by atoms with Crippen LogP contribution in [0.15, 0.2) is 48.5 Å². The Morgan fingerprint density at radius 1 is 0.857 bits per heavy atom. The first-order valence-corrected chi connectivity index (χ1v) is 8.74. The molecule has 0 bridgehead atoms. The first-order valence-electron chi connectivity index (χ1n) is 6.27. The number of hydrogen-bond donors (Lipinski definition) is 1. The van der Waals surface area contributed by atoms with Gasteiger partial charge in [-0.05, 0) is 35.4 Å². The van der Waals surface area contributed by atoms with Gasteiger partial charge in [0.2, 0.25) is 0 Å². The Labute approximate surface area is 134 Å². The molecular formula is C15H14Cl2O3S. The predicted octanol–water partition coefficient (Wildman–Crippen LogP) is 3.49. The minimum atomic E-state index is -3.54. The molecule has 0 aliphatic rings. The van der Waals surface area contributed by atoms with E-state index >= 15 is 0 Å². The maximum absolute atomic E-state index is 12.5. The Morgan fingerprint density at radius 3 is 1.57 bits per heavy atom. The number of aliphatic hydroxyl groups is 1. The van der Waals surface area contributed by atoms with Gasteiger partial charge < -0.3 is 5.11 Å². The summed E-state index contributed by atoms with van der Waals surface area (Å²) in [5, 5.41) is 9.23. The average molecular weight is 345 g/mol. The summed E-state index contributed by atoms with van der Waals surface area (Å²) in [6.45, 7) is -0.417. The van der Waals surface area contributed by atoms with E-state index in [1.54, 1.807) is 48.5 Å². The molecule has 0 aliphatic carbocycles. The molecule has 112 valence electrons. The van der Waals surface area contributed by atoms with Crippen LogP contribution >= 0.6 is 23.2 Å². The fourth-order valence-corrected chi connectivity index (χ4v) is 4.01. The van der Waals surface area contributed by atoms with Crippen LogP contribution in [0.2, 0.25) is 10.0 Å². The molecule has 0 aromatic heterocycles. The summed E-state index contributed by atoms with van der Waals surface area (Å²) in [6, 6.07) is 13.3. The minimum Gasteiger partial charge on any atom is -0.395 e. The van der Waals surface area contributed by atoms with Crippen molar-refractivity contribution in [2.75, 3.05) is 12.4 Å². The third-order valence-electron chi connectivity index (χ3n) is 3.08. The molecule has 3 nitrogen and oxygen atoms in total. The topological polar surface area (TPSA) is 54.4 Å². The van der Waals surface area contributed by atoms with Crippen LogP contribution in [0.4, 0.5) is 0 Å². The van der Waals surface area contributed by atoms with Gasteiger partial charge in [-0.2, -0.15) is 0 Å². The highest BCUT2D eigenvalue weighted by molar-refractivity contribution is 7.91. The first-order chi connectivity index (χ1) is 9.94. The lowest BCUT2D eigenvalue weighted by Gasteiger charge is -2.18. The smallest absolute Gasteiger partial charge is 0.163 e. The van der Waals surface area contributed by atoms with Gasteiger partial charge in [-0.1, -0.05) is 47.5 Å². The molecular weight excluding hydrogens is 331 g/mol. The van der Waals surface area contributed by atoms with E-state index in [0.717, 1.165) is 0 Å². The second-order valence-corrected chi connectivity index (χ2v) is 7.65. The highest BCUT2D eigenvalue weighted by Crippen LogP contribution is 2.32. The molecule has 2 aromatic rings. The van der Waals surface area contributed by atoms with Crippen molar-refractivity contribution in [3.63, 3.8) is 0 Å². The second kappa shape index (κ2) is 6.79. The van der Waals surface area contributed by atoms with Crippen molar-refractivity contribution in [2.45, 2.75) is 5.25 Å². The van der Waals surface area contributed by atoms with Gasteiger partial charge in [0, 0.05) is 10.0 Å². The summed E-state index contributed by atoms with van der Waals surface area (Å²) < 4.78 is 25.0. The van der Waals surface area contributed by atoms with E-state index in [9.17, 15) is 8.42 Å². The molecule has 0 atom stereocenters. The summed E-state index contributed by atoms with van der Waals surface area (Å²) >= 11 is 11.7. The molecule has 0 unspecified atom stereocenters. The molecule has 0 fully saturated rings. The normalized spacial score (nSPS) is 11.8.